The smallest absolute Gasteiger partial charge is 0.354 e. The number of amides is 1. The van der Waals surface area contributed by atoms with Crippen molar-refractivity contribution in [1.82, 2.24) is 9.88 Å². The second kappa shape index (κ2) is 6.22. The van der Waals surface area contributed by atoms with Crippen molar-refractivity contribution in [3.63, 3.8) is 0 Å². The molecule has 114 valence electrons. The summed E-state index contributed by atoms with van der Waals surface area (Å²) in [6.45, 7) is 4.16. The molecule has 0 aliphatic carbocycles. The van der Waals surface area contributed by atoms with E-state index < -0.39 is 5.97 Å². The number of carbonyl (C=O) groups excluding carboxylic acids is 1. The molecule has 1 saturated heterocycles. The normalized spacial score (nSPS) is 17.5. The molecule has 1 aromatic heterocycles. The van der Waals surface area contributed by atoms with Gasteiger partial charge in [-0.1, -0.05) is 6.92 Å². The lowest BCUT2D eigenvalue weighted by Gasteiger charge is -2.39. The summed E-state index contributed by atoms with van der Waals surface area (Å²) in [5, 5.41) is 8.93. The summed E-state index contributed by atoms with van der Waals surface area (Å²) in [4.78, 5) is 28.8. The van der Waals surface area contributed by atoms with Gasteiger partial charge < -0.3 is 14.7 Å². The van der Waals surface area contributed by atoms with Gasteiger partial charge in [0.1, 0.15) is 5.69 Å². The van der Waals surface area contributed by atoms with Gasteiger partial charge >= 0.3 is 5.97 Å². The molecule has 0 bridgehead atoms. The van der Waals surface area contributed by atoms with E-state index in [0.29, 0.717) is 25.3 Å². The van der Waals surface area contributed by atoms with Gasteiger partial charge in [-0.3, -0.25) is 4.79 Å². The molecule has 0 spiro atoms. The van der Waals surface area contributed by atoms with Crippen LogP contribution in [0.1, 0.15) is 40.6 Å². The number of rotatable bonds is 4. The van der Waals surface area contributed by atoms with Crippen molar-refractivity contribution in [3.8, 4) is 0 Å². The number of pyridine rings is 1. The molecular formula is C15H20N2O4. The number of carbonyl (C=O) groups is 2. The average Bonchev–Trinajstić information content (AvgIpc) is 2.47. The first-order valence-corrected chi connectivity index (χ1v) is 6.93. The highest BCUT2D eigenvalue weighted by molar-refractivity contribution is 5.96. The number of aromatic carboxylic acids is 1. The van der Waals surface area contributed by atoms with Crippen LogP contribution in [0.3, 0.4) is 0 Å². The van der Waals surface area contributed by atoms with Crippen LogP contribution in [0.2, 0.25) is 0 Å². The first-order chi connectivity index (χ1) is 9.95. The summed E-state index contributed by atoms with van der Waals surface area (Å²) >= 11 is 0. The summed E-state index contributed by atoms with van der Waals surface area (Å²) in [7, 11) is 1.69. The van der Waals surface area contributed by atoms with Crippen LogP contribution < -0.4 is 0 Å². The number of hydrogen-bond donors (Lipinski definition) is 1. The van der Waals surface area contributed by atoms with Gasteiger partial charge in [0.15, 0.2) is 0 Å². The van der Waals surface area contributed by atoms with Crippen LogP contribution in [0.5, 0.6) is 0 Å². The third kappa shape index (κ3) is 3.58. The van der Waals surface area contributed by atoms with Crippen molar-refractivity contribution < 1.29 is 19.4 Å². The number of ether oxygens (including phenoxy) is 1. The second-order valence-corrected chi connectivity index (χ2v) is 5.77. The van der Waals surface area contributed by atoms with Crippen LogP contribution in [0, 0.1) is 5.41 Å². The fourth-order valence-electron chi connectivity index (χ4n) is 2.61. The highest BCUT2D eigenvalue weighted by Gasteiger charge is 2.32. The second-order valence-electron chi connectivity index (χ2n) is 5.77. The van der Waals surface area contributed by atoms with E-state index in [1.165, 1.54) is 12.3 Å². The minimum atomic E-state index is -1.13. The molecule has 2 heterocycles. The van der Waals surface area contributed by atoms with Crippen molar-refractivity contribution in [3.05, 3.63) is 29.6 Å². The summed E-state index contributed by atoms with van der Waals surface area (Å²) in [5.74, 6) is -1.27. The Morgan fingerprint density at radius 3 is 2.67 bits per heavy atom. The van der Waals surface area contributed by atoms with E-state index in [1.807, 2.05) is 0 Å². The average molecular weight is 292 g/mol. The van der Waals surface area contributed by atoms with E-state index >= 15 is 0 Å². The quantitative estimate of drug-likeness (QED) is 0.913. The lowest BCUT2D eigenvalue weighted by molar-refractivity contribution is 0.0301. The summed E-state index contributed by atoms with van der Waals surface area (Å²) in [5.41, 5.74) is 0.371. The number of carboxylic acid groups (broad SMARTS) is 1. The molecule has 1 fully saturated rings. The summed E-state index contributed by atoms with van der Waals surface area (Å²) < 4.78 is 5.23. The predicted octanol–water partition coefficient (Wildman–Crippen LogP) is 1.67. The Labute approximate surface area is 123 Å². The number of nitrogens with zero attached hydrogens (tertiary/aromatic N) is 2. The maximum atomic E-state index is 12.4. The molecule has 0 saturated carbocycles. The highest BCUT2D eigenvalue weighted by Crippen LogP contribution is 2.31. The maximum absolute atomic E-state index is 12.4. The first kappa shape index (κ1) is 15.4. The lowest BCUT2D eigenvalue weighted by Crippen LogP contribution is -2.43. The molecule has 1 aromatic rings. The summed E-state index contributed by atoms with van der Waals surface area (Å²) in [6, 6.07) is 2.88. The number of likely N-dealkylation sites (tertiary alicyclic amines) is 1. The van der Waals surface area contributed by atoms with E-state index in [9.17, 15) is 9.59 Å². The largest absolute Gasteiger partial charge is 0.477 e. The Morgan fingerprint density at radius 1 is 1.43 bits per heavy atom. The highest BCUT2D eigenvalue weighted by atomic mass is 16.5. The molecule has 0 radical (unpaired) electrons. The van der Waals surface area contributed by atoms with Crippen molar-refractivity contribution in [2.45, 2.75) is 19.8 Å². The number of hydrogen-bond acceptors (Lipinski definition) is 4. The fourth-order valence-corrected chi connectivity index (χ4v) is 2.61. The zero-order chi connectivity index (χ0) is 15.5. The van der Waals surface area contributed by atoms with Crippen molar-refractivity contribution in [2.24, 2.45) is 5.41 Å². The maximum Gasteiger partial charge on any atom is 0.354 e. The Morgan fingerprint density at radius 2 is 2.10 bits per heavy atom. The zero-order valence-electron chi connectivity index (χ0n) is 12.3. The fraction of sp³-hybridized carbons (Fsp3) is 0.533. The van der Waals surface area contributed by atoms with Crippen LogP contribution >= 0.6 is 0 Å². The van der Waals surface area contributed by atoms with Crippen LogP contribution in [-0.4, -0.2) is 53.7 Å². The molecule has 21 heavy (non-hydrogen) atoms. The van der Waals surface area contributed by atoms with Gasteiger partial charge in [0, 0.05) is 32.0 Å². The Balaban J connectivity index is 2.05. The van der Waals surface area contributed by atoms with Crippen LogP contribution in [-0.2, 0) is 4.74 Å². The molecule has 0 atom stereocenters. The predicted molar refractivity (Wildman–Crippen MR) is 76.3 cm³/mol. The molecule has 1 amide bonds. The lowest BCUT2D eigenvalue weighted by atomic mass is 9.81. The SMILES string of the molecule is COCC1(C)CCN(C(=O)c2ccnc(C(=O)O)c2)CC1. The number of carboxylic acids is 1. The van der Waals surface area contributed by atoms with Gasteiger partial charge in [0.25, 0.3) is 5.91 Å². The zero-order valence-corrected chi connectivity index (χ0v) is 12.3. The third-order valence-corrected chi connectivity index (χ3v) is 3.98. The standard InChI is InChI=1S/C15H20N2O4/c1-15(10-21-2)4-7-17(8-5-15)13(18)11-3-6-16-12(9-11)14(19)20/h3,6,9H,4-5,7-8,10H2,1-2H3,(H,19,20). The molecule has 6 heteroatoms. The third-order valence-electron chi connectivity index (χ3n) is 3.98. The minimum Gasteiger partial charge on any atom is -0.477 e. The monoisotopic (exact) mass is 292 g/mol. The molecule has 6 nitrogen and oxygen atoms in total. The van der Waals surface area contributed by atoms with Crippen LogP contribution in [0.4, 0.5) is 0 Å². The van der Waals surface area contributed by atoms with E-state index in [4.69, 9.17) is 9.84 Å². The molecule has 1 aliphatic heterocycles. The van der Waals surface area contributed by atoms with Crippen LogP contribution in [0.15, 0.2) is 18.3 Å². The van der Waals surface area contributed by atoms with Gasteiger partial charge in [-0.05, 0) is 30.4 Å². The van der Waals surface area contributed by atoms with Gasteiger partial charge in [0.2, 0.25) is 0 Å². The molecular weight excluding hydrogens is 272 g/mol. The Kier molecular flexibility index (Phi) is 4.57. The first-order valence-electron chi connectivity index (χ1n) is 6.93. The van der Waals surface area contributed by atoms with E-state index in [2.05, 4.69) is 11.9 Å². The van der Waals surface area contributed by atoms with E-state index in [-0.39, 0.29) is 17.0 Å². The van der Waals surface area contributed by atoms with Crippen LogP contribution in [0.25, 0.3) is 0 Å². The van der Waals surface area contributed by atoms with Crippen molar-refractivity contribution in [1.29, 1.82) is 0 Å². The summed E-state index contributed by atoms with van der Waals surface area (Å²) in [6.07, 6.45) is 3.11. The van der Waals surface area contributed by atoms with Gasteiger partial charge in [-0.15, -0.1) is 0 Å². The molecule has 0 unspecified atom stereocenters. The molecule has 0 aromatic carbocycles. The molecule has 1 aliphatic rings. The van der Waals surface area contributed by atoms with Crippen molar-refractivity contribution in [2.75, 3.05) is 26.8 Å². The van der Waals surface area contributed by atoms with Gasteiger partial charge in [0.05, 0.1) is 6.61 Å². The Hall–Kier alpha value is -1.95. The van der Waals surface area contributed by atoms with Gasteiger partial charge in [-0.2, -0.15) is 0 Å². The number of aromatic nitrogens is 1. The van der Waals surface area contributed by atoms with Crippen molar-refractivity contribution >= 4 is 11.9 Å². The molecule has 1 N–H and O–H groups in total. The van der Waals surface area contributed by atoms with E-state index in [0.717, 1.165) is 12.8 Å². The minimum absolute atomic E-state index is 0.107. The topological polar surface area (TPSA) is 79.7 Å². The number of methoxy groups -OCH3 is 1. The van der Waals surface area contributed by atoms with E-state index in [1.54, 1.807) is 18.1 Å². The Bertz CT molecular complexity index is 536. The van der Waals surface area contributed by atoms with Gasteiger partial charge in [-0.25, -0.2) is 9.78 Å². The number of piperidine rings is 1. The molecule has 2 rings (SSSR count).